The van der Waals surface area contributed by atoms with E-state index in [1.807, 2.05) is 0 Å². The Morgan fingerprint density at radius 1 is 0.857 bits per heavy atom. The molecule has 0 fully saturated rings. The highest BCUT2D eigenvalue weighted by molar-refractivity contribution is 7.79. The quantitative estimate of drug-likeness (QED) is 0.498. The molecule has 2 N–H and O–H groups in total. The smallest absolute Gasteiger partial charge is 0.0614 e. The molecule has 0 atom stereocenters. The summed E-state index contributed by atoms with van der Waals surface area (Å²) in [6.45, 7) is 6.37. The van der Waals surface area contributed by atoms with Crippen LogP contribution in [0.3, 0.4) is 0 Å². The van der Waals surface area contributed by atoms with E-state index in [2.05, 4.69) is 48.9 Å². The topological polar surface area (TPSA) is 24.1 Å². The minimum Gasteiger partial charge on any atom is -0.382 e. The zero-order chi connectivity index (χ0) is 11.1. The molecule has 0 aliphatic rings. The molecule has 0 spiro atoms. The van der Waals surface area contributed by atoms with E-state index in [1.54, 1.807) is 11.0 Å². The summed E-state index contributed by atoms with van der Waals surface area (Å²) in [5.74, 6) is 0. The summed E-state index contributed by atoms with van der Waals surface area (Å²) in [6, 6.07) is 0. The van der Waals surface area contributed by atoms with Gasteiger partial charge in [-0.1, -0.05) is 51.1 Å². The SMILES string of the molecule is CCCCNC=S.CCCCNC=S. The number of nitrogens with one attached hydrogen (secondary N) is 2. The van der Waals surface area contributed by atoms with Crippen molar-refractivity contribution in [3.63, 3.8) is 0 Å². The van der Waals surface area contributed by atoms with Gasteiger partial charge in [-0.05, 0) is 12.8 Å². The number of rotatable bonds is 8. The van der Waals surface area contributed by atoms with Gasteiger partial charge in [0.15, 0.2) is 0 Å². The van der Waals surface area contributed by atoms with E-state index in [9.17, 15) is 0 Å². The van der Waals surface area contributed by atoms with Crippen molar-refractivity contribution in [1.29, 1.82) is 0 Å². The Hall–Kier alpha value is -0.220. The summed E-state index contributed by atoms with van der Waals surface area (Å²) in [6.07, 6.45) is 4.90. The predicted octanol–water partition coefficient (Wildman–Crippen LogP) is 2.67. The molecule has 0 aliphatic heterocycles. The van der Waals surface area contributed by atoms with Gasteiger partial charge in [0.05, 0.1) is 11.0 Å². The lowest BCUT2D eigenvalue weighted by molar-refractivity contribution is 0.764. The van der Waals surface area contributed by atoms with Gasteiger partial charge >= 0.3 is 0 Å². The van der Waals surface area contributed by atoms with E-state index in [-0.39, 0.29) is 0 Å². The number of hydrogen-bond donors (Lipinski definition) is 2. The Labute approximate surface area is 98.8 Å². The highest BCUT2D eigenvalue weighted by Gasteiger charge is 1.75. The summed E-state index contributed by atoms with van der Waals surface area (Å²) < 4.78 is 0. The van der Waals surface area contributed by atoms with Crippen LogP contribution >= 0.6 is 24.4 Å². The molecule has 0 saturated heterocycles. The van der Waals surface area contributed by atoms with Crippen molar-refractivity contribution in [3.05, 3.63) is 0 Å². The maximum absolute atomic E-state index is 4.53. The molecule has 0 aromatic heterocycles. The van der Waals surface area contributed by atoms with Gasteiger partial charge in [-0.15, -0.1) is 0 Å². The summed E-state index contributed by atoms with van der Waals surface area (Å²) in [4.78, 5) is 0. The molecule has 0 heterocycles. The molecule has 14 heavy (non-hydrogen) atoms. The van der Waals surface area contributed by atoms with Crippen LogP contribution in [0.5, 0.6) is 0 Å². The Balaban J connectivity index is 0. The Kier molecular flexibility index (Phi) is 21.5. The van der Waals surface area contributed by atoms with E-state index >= 15 is 0 Å². The van der Waals surface area contributed by atoms with Crippen molar-refractivity contribution in [2.24, 2.45) is 0 Å². The van der Waals surface area contributed by atoms with E-state index in [4.69, 9.17) is 0 Å². The molecule has 2 nitrogen and oxygen atoms in total. The van der Waals surface area contributed by atoms with Crippen molar-refractivity contribution < 1.29 is 0 Å². The first-order chi connectivity index (χ1) is 6.83. The zero-order valence-electron chi connectivity index (χ0n) is 9.21. The monoisotopic (exact) mass is 234 g/mol. The maximum atomic E-state index is 4.53. The molecule has 0 radical (unpaired) electrons. The maximum Gasteiger partial charge on any atom is 0.0614 e. The normalized spacial score (nSPS) is 8.14. The summed E-state index contributed by atoms with van der Waals surface area (Å²) in [5, 5.41) is 5.88. The molecule has 0 aromatic carbocycles. The Morgan fingerprint density at radius 2 is 1.21 bits per heavy atom. The van der Waals surface area contributed by atoms with E-state index in [0.29, 0.717) is 0 Å². The van der Waals surface area contributed by atoms with Gasteiger partial charge in [0.1, 0.15) is 0 Å². The molecular formula is C10H22N2S2. The van der Waals surface area contributed by atoms with Gasteiger partial charge < -0.3 is 10.6 Å². The van der Waals surface area contributed by atoms with Crippen molar-refractivity contribution >= 4 is 35.4 Å². The van der Waals surface area contributed by atoms with Crippen molar-refractivity contribution in [1.82, 2.24) is 10.6 Å². The van der Waals surface area contributed by atoms with Crippen LogP contribution in [-0.4, -0.2) is 24.1 Å². The van der Waals surface area contributed by atoms with E-state index in [0.717, 1.165) is 13.1 Å². The third-order valence-electron chi connectivity index (χ3n) is 1.52. The van der Waals surface area contributed by atoms with Crippen LogP contribution in [0.4, 0.5) is 0 Å². The second kappa shape index (κ2) is 18.5. The standard InChI is InChI=1S/2C5H11NS/c2*1-2-3-4-6-5-7/h2*5H,2-4H2,1H3,(H,6,7). The molecule has 0 rings (SSSR count). The van der Waals surface area contributed by atoms with Crippen molar-refractivity contribution in [3.8, 4) is 0 Å². The first-order valence-electron chi connectivity index (χ1n) is 5.17. The van der Waals surface area contributed by atoms with Gasteiger partial charge in [0.25, 0.3) is 0 Å². The van der Waals surface area contributed by atoms with Crippen LogP contribution in [0.15, 0.2) is 0 Å². The van der Waals surface area contributed by atoms with Gasteiger partial charge in [-0.3, -0.25) is 0 Å². The lowest BCUT2D eigenvalue weighted by Crippen LogP contribution is -2.09. The van der Waals surface area contributed by atoms with Crippen LogP contribution < -0.4 is 10.6 Å². The predicted molar refractivity (Wildman–Crippen MR) is 73.1 cm³/mol. The van der Waals surface area contributed by atoms with Crippen molar-refractivity contribution in [2.75, 3.05) is 13.1 Å². The minimum atomic E-state index is 1.03. The number of unbranched alkanes of at least 4 members (excludes halogenated alkanes) is 2. The molecule has 0 aliphatic carbocycles. The van der Waals surface area contributed by atoms with Gasteiger partial charge in [-0.25, -0.2) is 0 Å². The third-order valence-corrected chi connectivity index (χ3v) is 1.85. The van der Waals surface area contributed by atoms with Crippen LogP contribution in [-0.2, 0) is 0 Å². The summed E-state index contributed by atoms with van der Waals surface area (Å²) >= 11 is 9.06. The highest BCUT2D eigenvalue weighted by Crippen LogP contribution is 1.80. The fourth-order valence-electron chi connectivity index (χ4n) is 0.676. The lowest BCUT2D eigenvalue weighted by Gasteiger charge is -1.92. The number of hydrogen-bond acceptors (Lipinski definition) is 2. The minimum absolute atomic E-state index is 1.03. The van der Waals surface area contributed by atoms with Gasteiger partial charge in [-0.2, -0.15) is 0 Å². The van der Waals surface area contributed by atoms with Crippen LogP contribution in [0.25, 0.3) is 0 Å². The van der Waals surface area contributed by atoms with Crippen LogP contribution in [0, 0.1) is 0 Å². The Bertz CT molecular complexity index is 105. The molecule has 84 valence electrons. The molecule has 4 heteroatoms. The summed E-state index contributed by atoms with van der Waals surface area (Å²) in [7, 11) is 0. The first-order valence-corrected chi connectivity index (χ1v) is 6.11. The van der Waals surface area contributed by atoms with Crippen LogP contribution in [0.2, 0.25) is 0 Å². The highest BCUT2D eigenvalue weighted by atomic mass is 32.1. The molecule has 0 amide bonds. The Morgan fingerprint density at radius 3 is 1.43 bits per heavy atom. The number of thiocarbonyl (C=S) groups is 2. The second-order valence-electron chi connectivity index (χ2n) is 2.85. The summed E-state index contributed by atoms with van der Waals surface area (Å²) in [5.41, 5.74) is 3.13. The molecule has 0 unspecified atom stereocenters. The van der Waals surface area contributed by atoms with Crippen molar-refractivity contribution in [2.45, 2.75) is 39.5 Å². The van der Waals surface area contributed by atoms with Gasteiger partial charge in [0, 0.05) is 13.1 Å². The fraction of sp³-hybridized carbons (Fsp3) is 0.800. The average Bonchev–Trinajstić information content (AvgIpc) is 2.21. The molecular weight excluding hydrogens is 212 g/mol. The average molecular weight is 234 g/mol. The van der Waals surface area contributed by atoms with E-state index in [1.165, 1.54) is 25.7 Å². The fourth-order valence-corrected chi connectivity index (χ4v) is 0.911. The van der Waals surface area contributed by atoms with Gasteiger partial charge in [0.2, 0.25) is 0 Å². The first kappa shape index (κ1) is 16.2. The van der Waals surface area contributed by atoms with E-state index < -0.39 is 0 Å². The van der Waals surface area contributed by atoms with Crippen LogP contribution in [0.1, 0.15) is 39.5 Å². The second-order valence-corrected chi connectivity index (χ2v) is 3.32. The lowest BCUT2D eigenvalue weighted by atomic mass is 10.3. The zero-order valence-corrected chi connectivity index (χ0v) is 10.8. The third kappa shape index (κ3) is 22.6. The largest absolute Gasteiger partial charge is 0.382 e. The molecule has 0 bridgehead atoms. The molecule has 0 aromatic rings. The molecule has 0 saturated carbocycles.